The number of nitrogens with zero attached hydrogens (tertiary/aromatic N) is 2. The van der Waals surface area contributed by atoms with Crippen LogP contribution in [-0.4, -0.2) is 10.1 Å². The SMILES string of the molecule is Fc1ccccc1SCc1nc(-c2ccsc2)no1. The fourth-order valence-electron chi connectivity index (χ4n) is 1.52. The van der Waals surface area contributed by atoms with E-state index in [9.17, 15) is 4.39 Å². The van der Waals surface area contributed by atoms with Crippen molar-refractivity contribution < 1.29 is 8.91 Å². The summed E-state index contributed by atoms with van der Waals surface area (Å²) in [6, 6.07) is 8.57. The summed E-state index contributed by atoms with van der Waals surface area (Å²) in [6.07, 6.45) is 0. The van der Waals surface area contributed by atoms with Gasteiger partial charge in [0.2, 0.25) is 11.7 Å². The zero-order chi connectivity index (χ0) is 13.1. The first-order valence-electron chi connectivity index (χ1n) is 5.55. The minimum absolute atomic E-state index is 0.231. The molecule has 0 aliphatic carbocycles. The lowest BCUT2D eigenvalue weighted by Gasteiger charge is -1.98. The van der Waals surface area contributed by atoms with Gasteiger partial charge in [-0.2, -0.15) is 16.3 Å². The van der Waals surface area contributed by atoms with E-state index >= 15 is 0 Å². The van der Waals surface area contributed by atoms with Gasteiger partial charge in [-0.1, -0.05) is 17.3 Å². The quantitative estimate of drug-likeness (QED) is 0.675. The molecule has 0 atom stereocenters. The smallest absolute Gasteiger partial charge is 0.237 e. The first kappa shape index (κ1) is 12.4. The molecule has 19 heavy (non-hydrogen) atoms. The normalized spacial score (nSPS) is 10.8. The molecule has 0 N–H and O–H groups in total. The van der Waals surface area contributed by atoms with Gasteiger partial charge in [-0.15, -0.1) is 11.8 Å². The average molecular weight is 292 g/mol. The molecular weight excluding hydrogens is 283 g/mol. The Balaban J connectivity index is 1.70. The molecule has 2 heterocycles. The van der Waals surface area contributed by atoms with Crippen LogP contribution in [0.3, 0.4) is 0 Å². The number of halogens is 1. The van der Waals surface area contributed by atoms with Gasteiger partial charge >= 0.3 is 0 Å². The Morgan fingerprint density at radius 2 is 2.16 bits per heavy atom. The zero-order valence-electron chi connectivity index (χ0n) is 9.75. The standard InChI is InChI=1S/C13H9FN2OS2/c14-10-3-1-2-4-11(10)19-8-12-15-13(16-17-12)9-5-6-18-7-9/h1-7H,8H2. The molecule has 0 saturated carbocycles. The number of thioether (sulfide) groups is 1. The van der Waals surface area contributed by atoms with E-state index in [-0.39, 0.29) is 5.82 Å². The van der Waals surface area contributed by atoms with Gasteiger partial charge in [-0.25, -0.2) is 4.39 Å². The maximum atomic E-state index is 13.4. The predicted molar refractivity (Wildman–Crippen MR) is 73.6 cm³/mol. The van der Waals surface area contributed by atoms with E-state index in [0.29, 0.717) is 22.4 Å². The summed E-state index contributed by atoms with van der Waals surface area (Å²) in [5, 5.41) is 7.82. The molecule has 0 saturated heterocycles. The van der Waals surface area contributed by atoms with E-state index in [4.69, 9.17) is 4.52 Å². The van der Waals surface area contributed by atoms with Gasteiger partial charge in [0.15, 0.2) is 0 Å². The van der Waals surface area contributed by atoms with Gasteiger partial charge in [-0.05, 0) is 23.6 Å². The van der Waals surface area contributed by atoms with E-state index in [1.165, 1.54) is 17.8 Å². The van der Waals surface area contributed by atoms with Gasteiger partial charge in [-0.3, -0.25) is 0 Å². The van der Waals surface area contributed by atoms with Gasteiger partial charge in [0, 0.05) is 15.8 Å². The molecular formula is C13H9FN2OS2. The fraction of sp³-hybridized carbons (Fsp3) is 0.0769. The van der Waals surface area contributed by atoms with Gasteiger partial charge < -0.3 is 4.52 Å². The Hall–Kier alpha value is -1.66. The highest BCUT2D eigenvalue weighted by atomic mass is 32.2. The Kier molecular flexibility index (Phi) is 3.61. The van der Waals surface area contributed by atoms with Crippen LogP contribution in [0.25, 0.3) is 11.4 Å². The van der Waals surface area contributed by atoms with Crippen LogP contribution in [0.2, 0.25) is 0 Å². The van der Waals surface area contributed by atoms with E-state index in [1.807, 2.05) is 16.8 Å². The summed E-state index contributed by atoms with van der Waals surface area (Å²) in [4.78, 5) is 4.86. The number of aromatic nitrogens is 2. The van der Waals surface area contributed by atoms with Gasteiger partial charge in [0.25, 0.3) is 0 Å². The van der Waals surface area contributed by atoms with Crippen LogP contribution in [0.4, 0.5) is 4.39 Å². The van der Waals surface area contributed by atoms with Crippen molar-refractivity contribution in [3.05, 3.63) is 52.8 Å². The minimum atomic E-state index is -0.231. The monoisotopic (exact) mass is 292 g/mol. The highest BCUT2D eigenvalue weighted by molar-refractivity contribution is 7.98. The third-order valence-electron chi connectivity index (χ3n) is 2.44. The van der Waals surface area contributed by atoms with Crippen molar-refractivity contribution in [1.29, 1.82) is 0 Å². The second-order valence-electron chi connectivity index (χ2n) is 3.74. The second-order valence-corrected chi connectivity index (χ2v) is 5.54. The zero-order valence-corrected chi connectivity index (χ0v) is 11.4. The van der Waals surface area contributed by atoms with Crippen LogP contribution in [-0.2, 0) is 5.75 Å². The molecule has 0 aliphatic rings. The van der Waals surface area contributed by atoms with Crippen LogP contribution in [0.15, 0.2) is 50.5 Å². The molecule has 1 aromatic carbocycles. The first-order valence-corrected chi connectivity index (χ1v) is 7.48. The highest BCUT2D eigenvalue weighted by Gasteiger charge is 2.10. The van der Waals surface area contributed by atoms with Crippen LogP contribution in [0, 0.1) is 5.82 Å². The molecule has 0 radical (unpaired) electrons. The molecule has 3 rings (SSSR count). The van der Waals surface area contributed by atoms with Crippen molar-refractivity contribution in [3.63, 3.8) is 0 Å². The van der Waals surface area contributed by atoms with Crippen molar-refractivity contribution in [2.45, 2.75) is 10.6 Å². The van der Waals surface area contributed by atoms with E-state index < -0.39 is 0 Å². The molecule has 96 valence electrons. The summed E-state index contributed by atoms with van der Waals surface area (Å²) in [7, 11) is 0. The summed E-state index contributed by atoms with van der Waals surface area (Å²) < 4.78 is 18.6. The maximum absolute atomic E-state index is 13.4. The molecule has 2 aromatic heterocycles. The molecule has 0 unspecified atom stereocenters. The van der Waals surface area contributed by atoms with Crippen LogP contribution in [0.1, 0.15) is 5.89 Å². The van der Waals surface area contributed by atoms with E-state index in [1.54, 1.807) is 29.5 Å². The Labute approximate surface area is 117 Å². The molecule has 0 spiro atoms. The molecule has 3 aromatic rings. The van der Waals surface area contributed by atoms with Crippen LogP contribution >= 0.6 is 23.1 Å². The molecule has 3 nitrogen and oxygen atoms in total. The molecule has 0 aliphatic heterocycles. The third kappa shape index (κ3) is 2.85. The fourth-order valence-corrected chi connectivity index (χ4v) is 2.94. The average Bonchev–Trinajstić information content (AvgIpc) is 3.09. The first-order chi connectivity index (χ1) is 9.33. The Morgan fingerprint density at radius 3 is 2.95 bits per heavy atom. The minimum Gasteiger partial charge on any atom is -0.338 e. The number of hydrogen-bond acceptors (Lipinski definition) is 5. The van der Waals surface area contributed by atoms with Crippen molar-refractivity contribution in [3.8, 4) is 11.4 Å². The topological polar surface area (TPSA) is 38.9 Å². The molecule has 0 bridgehead atoms. The maximum Gasteiger partial charge on any atom is 0.237 e. The number of benzene rings is 1. The molecule has 0 fully saturated rings. The van der Waals surface area contributed by atoms with Gasteiger partial charge in [0.05, 0.1) is 5.75 Å². The van der Waals surface area contributed by atoms with E-state index in [0.717, 1.165) is 5.56 Å². The number of thiophene rings is 1. The largest absolute Gasteiger partial charge is 0.338 e. The number of rotatable bonds is 4. The highest BCUT2D eigenvalue weighted by Crippen LogP contribution is 2.26. The van der Waals surface area contributed by atoms with Gasteiger partial charge in [0.1, 0.15) is 5.82 Å². The van der Waals surface area contributed by atoms with Crippen LogP contribution in [0.5, 0.6) is 0 Å². The molecule has 6 heteroatoms. The lowest BCUT2D eigenvalue weighted by molar-refractivity contribution is 0.391. The Bertz CT molecular complexity index is 667. The van der Waals surface area contributed by atoms with Crippen molar-refractivity contribution in [1.82, 2.24) is 10.1 Å². The predicted octanol–water partition coefficient (Wildman–Crippen LogP) is 4.23. The molecule has 0 amide bonds. The summed E-state index contributed by atoms with van der Waals surface area (Å²) in [6.45, 7) is 0. The van der Waals surface area contributed by atoms with Crippen LogP contribution < -0.4 is 0 Å². The second kappa shape index (κ2) is 5.54. The number of hydrogen-bond donors (Lipinski definition) is 0. The summed E-state index contributed by atoms with van der Waals surface area (Å²) in [5.74, 6) is 1.29. The van der Waals surface area contributed by atoms with E-state index in [2.05, 4.69) is 10.1 Å². The van der Waals surface area contributed by atoms with Crippen molar-refractivity contribution >= 4 is 23.1 Å². The third-order valence-corrected chi connectivity index (χ3v) is 4.15. The summed E-state index contributed by atoms with van der Waals surface area (Å²) in [5.41, 5.74) is 0.941. The summed E-state index contributed by atoms with van der Waals surface area (Å²) >= 11 is 2.92. The van der Waals surface area contributed by atoms with Crippen molar-refractivity contribution in [2.24, 2.45) is 0 Å². The van der Waals surface area contributed by atoms with Crippen molar-refractivity contribution in [2.75, 3.05) is 0 Å². The Morgan fingerprint density at radius 1 is 1.26 bits per heavy atom. The lowest BCUT2D eigenvalue weighted by atomic mass is 10.3. The lowest BCUT2D eigenvalue weighted by Crippen LogP contribution is -1.84.